The molecular formula is C13H24N4O2. The fourth-order valence-electron chi connectivity index (χ4n) is 2.72. The number of hydrogen-bond acceptors (Lipinski definition) is 4. The van der Waals surface area contributed by atoms with Crippen LogP contribution in [0.2, 0.25) is 0 Å². The smallest absolute Gasteiger partial charge is 0.234 e. The summed E-state index contributed by atoms with van der Waals surface area (Å²) in [5.41, 5.74) is 4.85. The molecule has 0 aromatic heterocycles. The summed E-state index contributed by atoms with van der Waals surface area (Å²) >= 11 is 0. The molecule has 108 valence electrons. The monoisotopic (exact) mass is 268 g/mol. The molecule has 4 N–H and O–H groups in total. The van der Waals surface area contributed by atoms with E-state index in [1.54, 1.807) is 0 Å². The zero-order valence-corrected chi connectivity index (χ0v) is 11.6. The minimum absolute atomic E-state index is 0.0376. The molecule has 19 heavy (non-hydrogen) atoms. The van der Waals surface area contributed by atoms with Crippen LogP contribution in [0.25, 0.3) is 0 Å². The van der Waals surface area contributed by atoms with Gasteiger partial charge in [0.1, 0.15) is 5.41 Å². The Kier molecular flexibility index (Phi) is 4.29. The maximum Gasteiger partial charge on any atom is 0.234 e. The van der Waals surface area contributed by atoms with Crippen LogP contribution in [0.3, 0.4) is 0 Å². The fraction of sp³-hybridized carbons (Fsp3) is 0.846. The van der Waals surface area contributed by atoms with Crippen molar-refractivity contribution in [3.05, 3.63) is 0 Å². The number of nitrogens with one attached hydrogen (secondary N) is 1. The highest BCUT2D eigenvalue weighted by atomic mass is 16.4. The van der Waals surface area contributed by atoms with Gasteiger partial charge in [-0.25, -0.2) is 0 Å². The summed E-state index contributed by atoms with van der Waals surface area (Å²) < 4.78 is 0. The van der Waals surface area contributed by atoms with E-state index in [0.717, 1.165) is 13.1 Å². The van der Waals surface area contributed by atoms with E-state index in [0.29, 0.717) is 25.4 Å². The van der Waals surface area contributed by atoms with Gasteiger partial charge in [-0.1, -0.05) is 11.6 Å². The first kappa shape index (κ1) is 14.1. The molecule has 1 amide bonds. The molecule has 6 nitrogen and oxygen atoms in total. The number of rotatable bonds is 5. The minimum atomic E-state index is -0.740. The Hall–Kier alpha value is -1.30. The number of nitrogens with two attached hydrogens (primary N) is 1. The summed E-state index contributed by atoms with van der Waals surface area (Å²) in [4.78, 5) is 14.5. The first-order chi connectivity index (χ1) is 9.10. The SMILES string of the molecule is CC(CNC(=O)C1(C(N)=NO)CC1)N1CCCCC1. The second kappa shape index (κ2) is 5.77. The van der Waals surface area contributed by atoms with Crippen LogP contribution in [0.15, 0.2) is 5.16 Å². The van der Waals surface area contributed by atoms with Crippen molar-refractivity contribution in [2.45, 2.75) is 45.1 Å². The van der Waals surface area contributed by atoms with Gasteiger partial charge in [-0.05, 0) is 45.7 Å². The number of hydrogen-bond donors (Lipinski definition) is 3. The zero-order valence-electron chi connectivity index (χ0n) is 11.6. The van der Waals surface area contributed by atoms with Gasteiger partial charge in [0, 0.05) is 12.6 Å². The van der Waals surface area contributed by atoms with Crippen molar-refractivity contribution in [2.24, 2.45) is 16.3 Å². The quantitative estimate of drug-likeness (QED) is 0.293. The highest BCUT2D eigenvalue weighted by Gasteiger charge is 2.54. The first-order valence-corrected chi connectivity index (χ1v) is 7.10. The summed E-state index contributed by atoms with van der Waals surface area (Å²) in [5.74, 6) is -0.0673. The molecule has 1 heterocycles. The number of piperidine rings is 1. The average molecular weight is 268 g/mol. The van der Waals surface area contributed by atoms with Crippen molar-refractivity contribution >= 4 is 11.7 Å². The number of nitrogens with zero attached hydrogens (tertiary/aromatic N) is 2. The molecule has 1 aliphatic carbocycles. The molecule has 6 heteroatoms. The lowest BCUT2D eigenvalue weighted by atomic mass is 10.0. The van der Waals surface area contributed by atoms with Crippen LogP contribution in [0.1, 0.15) is 39.0 Å². The molecule has 0 spiro atoms. The van der Waals surface area contributed by atoms with Gasteiger partial charge >= 0.3 is 0 Å². The van der Waals surface area contributed by atoms with Crippen molar-refractivity contribution in [2.75, 3.05) is 19.6 Å². The zero-order chi connectivity index (χ0) is 13.9. The van der Waals surface area contributed by atoms with Gasteiger partial charge in [-0.2, -0.15) is 0 Å². The van der Waals surface area contributed by atoms with Crippen LogP contribution in [-0.4, -0.2) is 47.5 Å². The summed E-state index contributed by atoms with van der Waals surface area (Å²) in [7, 11) is 0. The molecule has 0 bridgehead atoms. The molecule has 2 aliphatic rings. The van der Waals surface area contributed by atoms with E-state index in [1.807, 2.05) is 0 Å². The van der Waals surface area contributed by atoms with Gasteiger partial charge in [-0.3, -0.25) is 9.69 Å². The number of amides is 1. The molecule has 1 saturated carbocycles. The average Bonchev–Trinajstić information content (AvgIpc) is 3.26. The van der Waals surface area contributed by atoms with Crippen LogP contribution < -0.4 is 11.1 Å². The number of carbonyl (C=O) groups is 1. The van der Waals surface area contributed by atoms with E-state index in [2.05, 4.69) is 22.3 Å². The Morgan fingerprint density at radius 1 is 1.42 bits per heavy atom. The molecule has 2 fully saturated rings. The molecule has 0 aromatic rings. The van der Waals surface area contributed by atoms with E-state index < -0.39 is 5.41 Å². The van der Waals surface area contributed by atoms with E-state index in [9.17, 15) is 4.79 Å². The summed E-state index contributed by atoms with van der Waals surface area (Å²) in [6, 6.07) is 0.340. The van der Waals surface area contributed by atoms with Gasteiger partial charge in [0.15, 0.2) is 5.84 Å². The maximum atomic E-state index is 12.1. The molecule has 1 atom stereocenters. The standard InChI is InChI=1S/C13H24N4O2/c1-10(17-7-3-2-4-8-17)9-15-12(18)13(5-6-13)11(14)16-19/h10,19H,2-9H2,1H3,(H2,14,16)(H,15,18). The van der Waals surface area contributed by atoms with E-state index in [4.69, 9.17) is 10.9 Å². The molecule has 1 unspecified atom stereocenters. The lowest BCUT2D eigenvalue weighted by molar-refractivity contribution is -0.124. The predicted molar refractivity (Wildman–Crippen MR) is 73.0 cm³/mol. The topological polar surface area (TPSA) is 91.0 Å². The number of carbonyl (C=O) groups excluding carboxylic acids is 1. The number of amidine groups is 1. The molecule has 1 saturated heterocycles. The van der Waals surface area contributed by atoms with E-state index in [1.165, 1.54) is 19.3 Å². The van der Waals surface area contributed by atoms with Gasteiger partial charge in [0.25, 0.3) is 0 Å². The Morgan fingerprint density at radius 2 is 2.05 bits per heavy atom. The van der Waals surface area contributed by atoms with Gasteiger partial charge in [0.2, 0.25) is 5.91 Å². The number of likely N-dealkylation sites (tertiary alicyclic amines) is 1. The van der Waals surface area contributed by atoms with Crippen molar-refractivity contribution in [3.8, 4) is 0 Å². The van der Waals surface area contributed by atoms with Gasteiger partial charge < -0.3 is 16.3 Å². The van der Waals surface area contributed by atoms with Crippen LogP contribution in [0, 0.1) is 5.41 Å². The van der Waals surface area contributed by atoms with Crippen LogP contribution in [0.4, 0.5) is 0 Å². The minimum Gasteiger partial charge on any atom is -0.409 e. The van der Waals surface area contributed by atoms with E-state index in [-0.39, 0.29) is 11.7 Å². The Bertz CT molecular complexity index is 360. The number of oxime groups is 1. The summed E-state index contributed by atoms with van der Waals surface area (Å²) in [5, 5.41) is 14.6. The molecule has 1 aliphatic heterocycles. The van der Waals surface area contributed by atoms with E-state index >= 15 is 0 Å². The van der Waals surface area contributed by atoms with Crippen LogP contribution >= 0.6 is 0 Å². The Balaban J connectivity index is 1.80. The highest BCUT2D eigenvalue weighted by Crippen LogP contribution is 2.46. The molecular weight excluding hydrogens is 244 g/mol. The second-order valence-electron chi connectivity index (χ2n) is 5.72. The largest absolute Gasteiger partial charge is 0.409 e. The normalized spacial score (nSPS) is 24.8. The van der Waals surface area contributed by atoms with Crippen molar-refractivity contribution in [1.29, 1.82) is 0 Å². The van der Waals surface area contributed by atoms with Crippen molar-refractivity contribution in [3.63, 3.8) is 0 Å². The van der Waals surface area contributed by atoms with Crippen LogP contribution in [0.5, 0.6) is 0 Å². The molecule has 0 aromatic carbocycles. The van der Waals surface area contributed by atoms with Crippen molar-refractivity contribution < 1.29 is 10.0 Å². The molecule has 2 rings (SSSR count). The lowest BCUT2D eigenvalue weighted by Crippen LogP contribution is -2.48. The first-order valence-electron chi connectivity index (χ1n) is 7.10. The Labute approximate surface area is 114 Å². The third kappa shape index (κ3) is 3.00. The third-order valence-corrected chi connectivity index (χ3v) is 4.35. The van der Waals surface area contributed by atoms with Crippen LogP contribution in [-0.2, 0) is 4.79 Å². The fourth-order valence-corrected chi connectivity index (χ4v) is 2.72. The molecule has 0 radical (unpaired) electrons. The van der Waals surface area contributed by atoms with Gasteiger partial charge in [-0.15, -0.1) is 0 Å². The van der Waals surface area contributed by atoms with Gasteiger partial charge in [0.05, 0.1) is 0 Å². The summed E-state index contributed by atoms with van der Waals surface area (Å²) in [6.07, 6.45) is 5.14. The lowest BCUT2D eigenvalue weighted by Gasteiger charge is -2.32. The summed E-state index contributed by atoms with van der Waals surface area (Å²) in [6.45, 7) is 4.98. The second-order valence-corrected chi connectivity index (χ2v) is 5.72. The Morgan fingerprint density at radius 3 is 2.58 bits per heavy atom. The third-order valence-electron chi connectivity index (χ3n) is 4.35. The maximum absolute atomic E-state index is 12.1. The van der Waals surface area contributed by atoms with Crippen molar-refractivity contribution in [1.82, 2.24) is 10.2 Å². The predicted octanol–water partition coefficient (Wildman–Crippen LogP) is 0.504. The highest BCUT2D eigenvalue weighted by molar-refractivity contribution is 6.09.